The van der Waals surface area contributed by atoms with Gasteiger partial charge in [0.25, 0.3) is 0 Å². The van der Waals surface area contributed by atoms with Crippen molar-refractivity contribution in [2.24, 2.45) is 0 Å². The Bertz CT molecular complexity index is 4530. The lowest BCUT2D eigenvalue weighted by Gasteiger charge is -2.71. The molecule has 4 saturated carbocycles. The molecule has 4 bridgehead atoms. The molecule has 422 valence electrons. The zero-order chi connectivity index (χ0) is 60.0. The topological polar surface area (TPSA) is 78.9 Å². The fourth-order valence-electron chi connectivity index (χ4n) is 15.4. The Balaban J connectivity index is 0.877. The average molecular weight is 1140 g/mol. The molecule has 88 heavy (non-hydrogen) atoms. The van der Waals surface area contributed by atoms with Gasteiger partial charge >= 0.3 is 17.9 Å². The molecule has 0 aliphatic heterocycles. The minimum absolute atomic E-state index is 0.248. The van der Waals surface area contributed by atoms with Gasteiger partial charge in [0.2, 0.25) is 0 Å². The summed E-state index contributed by atoms with van der Waals surface area (Å²) < 4.78 is 15.0. The van der Waals surface area contributed by atoms with Crippen LogP contribution in [0.5, 0.6) is 0 Å². The largest absolute Gasteiger partial charge is 0.465 e. The van der Waals surface area contributed by atoms with Gasteiger partial charge in [-0.2, -0.15) is 0 Å². The first-order valence-corrected chi connectivity index (χ1v) is 29.7. The second kappa shape index (κ2) is 22.2. The number of methoxy groups -OCH3 is 3. The lowest BCUT2D eigenvalue weighted by atomic mass is 9.32. The lowest BCUT2D eigenvalue weighted by molar-refractivity contribution is -0.0691. The summed E-state index contributed by atoms with van der Waals surface area (Å²) in [6, 6.07) is 77.5. The van der Waals surface area contributed by atoms with E-state index in [2.05, 4.69) is 199 Å². The van der Waals surface area contributed by atoms with Crippen molar-refractivity contribution >= 4 is 50.2 Å². The molecule has 0 amide bonds. The number of benzene rings is 11. The highest BCUT2D eigenvalue weighted by atomic mass is 16.5. The Morgan fingerprint density at radius 3 is 0.920 bits per heavy atom. The fourth-order valence-corrected chi connectivity index (χ4v) is 15.4. The molecule has 11 aromatic rings. The molecule has 0 radical (unpaired) electrons. The first-order chi connectivity index (χ1) is 42.9. The maximum absolute atomic E-state index is 12.4. The normalized spacial score (nSPS) is 19.4. The van der Waals surface area contributed by atoms with E-state index in [0.717, 1.165) is 83.0 Å². The number of hydrogen-bond acceptors (Lipinski definition) is 6. The minimum Gasteiger partial charge on any atom is -0.465 e. The van der Waals surface area contributed by atoms with Crippen molar-refractivity contribution in [1.82, 2.24) is 0 Å². The molecule has 4 aliphatic rings. The summed E-state index contributed by atoms with van der Waals surface area (Å²) in [7, 11) is 4.15. The maximum Gasteiger partial charge on any atom is 0.337 e. The van der Waals surface area contributed by atoms with E-state index >= 15 is 0 Å². The molecule has 4 aliphatic carbocycles. The summed E-state index contributed by atoms with van der Waals surface area (Å²) >= 11 is 0. The Morgan fingerprint density at radius 2 is 0.580 bits per heavy atom. The number of carbonyl (C=O) groups is 3. The predicted molar refractivity (Wildman–Crippen MR) is 348 cm³/mol. The quantitative estimate of drug-likeness (QED) is 0.0685. The van der Waals surface area contributed by atoms with Crippen LogP contribution in [-0.4, -0.2) is 39.2 Å². The van der Waals surface area contributed by atoms with E-state index in [9.17, 15) is 14.4 Å². The molecule has 0 N–H and O–H groups in total. The molecule has 0 heterocycles. The zero-order valence-electron chi connectivity index (χ0n) is 49.1. The van der Waals surface area contributed by atoms with Crippen molar-refractivity contribution in [3.63, 3.8) is 0 Å². The van der Waals surface area contributed by atoms with E-state index in [0.29, 0.717) is 16.7 Å². The van der Waals surface area contributed by atoms with Gasteiger partial charge in [-0.05, 0) is 224 Å². The number of esters is 3. The molecule has 0 saturated heterocycles. The number of hydrogen-bond donors (Lipinski definition) is 0. The van der Waals surface area contributed by atoms with E-state index < -0.39 is 17.9 Å². The summed E-state index contributed by atoms with van der Waals surface area (Å²) in [5.74, 6) is 26.1. The number of rotatable bonds is 7. The summed E-state index contributed by atoms with van der Waals surface area (Å²) in [4.78, 5) is 37.2. The summed E-state index contributed by atoms with van der Waals surface area (Å²) in [6.45, 7) is 0. The second-order valence-corrected chi connectivity index (χ2v) is 24.2. The fraction of sp³-hybridized carbons (Fsp3) is 0.159. The molecule has 4 fully saturated rings. The van der Waals surface area contributed by atoms with E-state index in [-0.39, 0.29) is 21.7 Å². The van der Waals surface area contributed by atoms with Gasteiger partial charge in [0, 0.05) is 44.5 Å². The van der Waals surface area contributed by atoms with Gasteiger partial charge in [-0.3, -0.25) is 0 Å². The van der Waals surface area contributed by atoms with Crippen LogP contribution < -0.4 is 0 Å². The summed E-state index contributed by atoms with van der Waals surface area (Å²) in [5, 5.41) is 7.41. The zero-order valence-corrected chi connectivity index (χ0v) is 49.1. The Hall–Kier alpha value is -10.9. The van der Waals surface area contributed by atoms with Crippen LogP contribution in [0.15, 0.2) is 224 Å². The van der Waals surface area contributed by atoms with Gasteiger partial charge in [0.15, 0.2) is 0 Å². The Kier molecular flexibility index (Phi) is 13.9. The van der Waals surface area contributed by atoms with Crippen LogP contribution in [0, 0.1) is 47.4 Å². The van der Waals surface area contributed by atoms with E-state index in [4.69, 9.17) is 14.2 Å². The van der Waals surface area contributed by atoms with Gasteiger partial charge in [-0.15, -0.1) is 0 Å². The highest BCUT2D eigenvalue weighted by Gasteiger charge is 2.69. The molecule has 0 atom stereocenters. The standard InChI is InChI=1S/C82H58O6/c1-86-76(83)66-13-4-8-59(46-66)19-16-55-23-37-69(38-24-55)79-49-80(70-39-25-56(26-40-70)17-20-60-9-5-14-67(47-60)77(84)87-2)51-81(50-79,71-41-27-57(28-42-71)18-21-61-10-6-15-68(48-61)78(85)88-3)54-82(52-79,53-80)72-43-29-58(30-44-72)22-31-62-32-33-65-35-34-63-11-7-12-64-36-45-73(62)75(65)74(63)64/h4-15,23-30,32-48H,49-54H2,1-3H3. The van der Waals surface area contributed by atoms with Gasteiger partial charge in [0.05, 0.1) is 38.0 Å². The molecule has 0 aromatic heterocycles. The Morgan fingerprint density at radius 1 is 0.295 bits per heavy atom. The van der Waals surface area contributed by atoms with Crippen LogP contribution in [-0.2, 0) is 35.9 Å². The van der Waals surface area contributed by atoms with Crippen LogP contribution in [0.2, 0.25) is 0 Å². The molecule has 0 unspecified atom stereocenters. The van der Waals surface area contributed by atoms with Gasteiger partial charge in [-0.25, -0.2) is 14.4 Å². The molecule has 15 rings (SSSR count). The second-order valence-electron chi connectivity index (χ2n) is 24.2. The van der Waals surface area contributed by atoms with Crippen LogP contribution in [0.4, 0.5) is 0 Å². The van der Waals surface area contributed by atoms with Crippen LogP contribution >= 0.6 is 0 Å². The molecular formula is C82H58O6. The van der Waals surface area contributed by atoms with E-state index in [1.54, 1.807) is 36.4 Å². The molecule has 11 aromatic carbocycles. The van der Waals surface area contributed by atoms with Gasteiger partial charge in [0.1, 0.15) is 0 Å². The molecule has 6 nitrogen and oxygen atoms in total. The van der Waals surface area contributed by atoms with Crippen molar-refractivity contribution in [2.75, 3.05) is 21.3 Å². The average Bonchev–Trinajstić information content (AvgIpc) is 0.670. The highest BCUT2D eigenvalue weighted by molar-refractivity contribution is 6.24. The van der Waals surface area contributed by atoms with E-state index in [1.807, 2.05) is 36.4 Å². The molecule has 6 heteroatoms. The monoisotopic (exact) mass is 1140 g/mol. The van der Waals surface area contributed by atoms with Crippen LogP contribution in [0.25, 0.3) is 32.3 Å². The maximum atomic E-state index is 12.4. The number of carbonyl (C=O) groups excluding carboxylic acids is 3. The van der Waals surface area contributed by atoms with Crippen molar-refractivity contribution in [2.45, 2.75) is 60.2 Å². The first kappa shape index (κ1) is 55.0. The smallest absolute Gasteiger partial charge is 0.337 e. The summed E-state index contributed by atoms with van der Waals surface area (Å²) in [5.41, 5.74) is 12.4. The predicted octanol–water partition coefficient (Wildman–Crippen LogP) is 16.0. The van der Waals surface area contributed by atoms with Crippen LogP contribution in [0.1, 0.15) is 136 Å². The van der Waals surface area contributed by atoms with E-state index in [1.165, 1.54) is 75.9 Å². The summed E-state index contributed by atoms with van der Waals surface area (Å²) in [6.07, 6.45) is 5.76. The third-order valence-corrected chi connectivity index (χ3v) is 18.8. The SMILES string of the molecule is COC(=O)c1cccc(C#Cc2ccc(C34CC5(c6ccc(C#Cc7cccc(C(=O)OC)c7)cc6)CC(c6ccc(C#Cc7cccc(C(=O)OC)c7)cc6)(C3)CC(c3ccc(C#Cc6ccc7ccc8cccc9ccc6c7c89)cc3)(C4)C5)cc2)c1. The first-order valence-electron chi connectivity index (χ1n) is 29.7. The minimum atomic E-state index is -0.397. The molecule has 0 spiro atoms. The number of ether oxygens (including phenoxy) is 3. The van der Waals surface area contributed by atoms with Crippen molar-refractivity contribution in [1.29, 1.82) is 0 Å². The van der Waals surface area contributed by atoms with Crippen molar-refractivity contribution in [3.8, 4) is 47.4 Å². The Labute approximate surface area is 512 Å². The molecular weight excluding hydrogens is 1080 g/mol. The van der Waals surface area contributed by atoms with Gasteiger partial charge < -0.3 is 14.2 Å². The third kappa shape index (κ3) is 10.1. The van der Waals surface area contributed by atoms with Crippen LogP contribution in [0.3, 0.4) is 0 Å². The van der Waals surface area contributed by atoms with Crippen molar-refractivity contribution < 1.29 is 28.6 Å². The van der Waals surface area contributed by atoms with Crippen molar-refractivity contribution in [3.05, 3.63) is 308 Å². The highest BCUT2D eigenvalue weighted by Crippen LogP contribution is 2.75. The lowest BCUT2D eigenvalue weighted by Crippen LogP contribution is -2.67. The van der Waals surface area contributed by atoms with Gasteiger partial charge in [-0.1, -0.05) is 163 Å². The third-order valence-electron chi connectivity index (χ3n) is 18.8.